The normalized spacial score (nSPS) is 9.94. The molecule has 4 nitrogen and oxygen atoms in total. The van der Waals surface area contributed by atoms with E-state index >= 15 is 0 Å². The Morgan fingerprint density at radius 1 is 1.41 bits per heavy atom. The van der Waals surface area contributed by atoms with Crippen LogP contribution in [-0.4, -0.2) is 24.2 Å². The van der Waals surface area contributed by atoms with Gasteiger partial charge in [0.25, 0.3) is 0 Å². The van der Waals surface area contributed by atoms with Crippen LogP contribution in [0.2, 0.25) is 0 Å². The number of carbonyl (C=O) groups excluding carboxylic acids is 2. The summed E-state index contributed by atoms with van der Waals surface area (Å²) in [5.74, 6) is 0.306. The molecule has 0 unspecified atom stereocenters. The Morgan fingerprint density at radius 2 is 2.18 bits per heavy atom. The number of carbonyl (C=O) groups is 2. The topological polar surface area (TPSA) is 69.4 Å². The van der Waals surface area contributed by atoms with E-state index < -0.39 is 5.91 Å². The molecular formula is C12H15NO3S. The molecule has 0 radical (unpaired) electrons. The van der Waals surface area contributed by atoms with Crippen LogP contribution in [0.1, 0.15) is 22.8 Å². The third kappa shape index (κ3) is 4.91. The predicted molar refractivity (Wildman–Crippen MR) is 67.8 cm³/mol. The molecule has 0 aromatic heterocycles. The maximum Gasteiger partial charge on any atom is 0.315 e. The minimum Gasteiger partial charge on any atom is -0.465 e. The number of amides is 1. The van der Waals surface area contributed by atoms with E-state index in [1.165, 1.54) is 11.8 Å². The maximum atomic E-state index is 11.1. The number of hydrogen-bond donors (Lipinski definition) is 1. The largest absolute Gasteiger partial charge is 0.465 e. The van der Waals surface area contributed by atoms with Gasteiger partial charge in [-0.2, -0.15) is 0 Å². The number of benzene rings is 1. The summed E-state index contributed by atoms with van der Waals surface area (Å²) >= 11 is 1.45. The fourth-order valence-electron chi connectivity index (χ4n) is 1.27. The van der Waals surface area contributed by atoms with Crippen LogP contribution in [0.5, 0.6) is 0 Å². The van der Waals surface area contributed by atoms with Crippen molar-refractivity contribution in [3.05, 3.63) is 35.4 Å². The Hall–Kier alpha value is -1.49. The molecule has 0 aliphatic rings. The van der Waals surface area contributed by atoms with Gasteiger partial charge in [-0.1, -0.05) is 12.1 Å². The van der Waals surface area contributed by atoms with Gasteiger partial charge in [-0.25, -0.2) is 0 Å². The van der Waals surface area contributed by atoms with Crippen LogP contribution in [0.15, 0.2) is 24.3 Å². The van der Waals surface area contributed by atoms with Crippen molar-refractivity contribution in [3.8, 4) is 0 Å². The zero-order valence-electron chi connectivity index (χ0n) is 9.64. The summed E-state index contributed by atoms with van der Waals surface area (Å²) < 4.78 is 4.81. The quantitative estimate of drug-likeness (QED) is 0.781. The summed E-state index contributed by atoms with van der Waals surface area (Å²) in [5.41, 5.74) is 6.63. The van der Waals surface area contributed by atoms with Crippen molar-refractivity contribution in [3.63, 3.8) is 0 Å². The van der Waals surface area contributed by atoms with Gasteiger partial charge in [-0.05, 0) is 24.6 Å². The van der Waals surface area contributed by atoms with E-state index in [1.54, 1.807) is 25.1 Å². The smallest absolute Gasteiger partial charge is 0.315 e. The highest BCUT2D eigenvalue weighted by Gasteiger charge is 2.04. The van der Waals surface area contributed by atoms with E-state index in [0.717, 1.165) is 5.56 Å². The van der Waals surface area contributed by atoms with Gasteiger partial charge in [-0.15, -0.1) is 11.8 Å². The molecule has 0 aliphatic carbocycles. The average Bonchev–Trinajstić information content (AvgIpc) is 2.30. The molecule has 1 aromatic rings. The van der Waals surface area contributed by atoms with Gasteiger partial charge in [0.2, 0.25) is 5.91 Å². The lowest BCUT2D eigenvalue weighted by molar-refractivity contribution is -0.139. The number of ether oxygens (including phenoxy) is 1. The third-order valence-electron chi connectivity index (χ3n) is 2.01. The summed E-state index contributed by atoms with van der Waals surface area (Å²) in [4.78, 5) is 22.1. The van der Waals surface area contributed by atoms with Gasteiger partial charge >= 0.3 is 5.97 Å². The number of thioether (sulfide) groups is 1. The van der Waals surface area contributed by atoms with Crippen LogP contribution in [0.3, 0.4) is 0 Å². The van der Waals surface area contributed by atoms with Crippen molar-refractivity contribution >= 4 is 23.6 Å². The molecule has 2 N–H and O–H groups in total. The van der Waals surface area contributed by atoms with Gasteiger partial charge in [0.05, 0.1) is 12.4 Å². The minimum absolute atomic E-state index is 0.219. The highest BCUT2D eigenvalue weighted by molar-refractivity contribution is 7.99. The minimum atomic E-state index is -0.442. The van der Waals surface area contributed by atoms with E-state index in [1.807, 2.05) is 6.07 Å². The second-order valence-electron chi connectivity index (χ2n) is 3.36. The number of esters is 1. The van der Waals surface area contributed by atoms with Crippen LogP contribution in [0, 0.1) is 0 Å². The second-order valence-corrected chi connectivity index (χ2v) is 4.35. The first kappa shape index (κ1) is 13.6. The van der Waals surface area contributed by atoms with Crippen molar-refractivity contribution < 1.29 is 14.3 Å². The molecule has 5 heteroatoms. The van der Waals surface area contributed by atoms with Crippen LogP contribution < -0.4 is 5.73 Å². The third-order valence-corrected chi connectivity index (χ3v) is 2.98. The standard InChI is InChI=1S/C12H15NO3S/c1-2-16-11(14)8-17-7-9-4-3-5-10(6-9)12(13)15/h3-6H,2,7-8H2,1H3,(H2,13,15). The lowest BCUT2D eigenvalue weighted by Crippen LogP contribution is -2.11. The molecule has 92 valence electrons. The van der Waals surface area contributed by atoms with Crippen molar-refractivity contribution in [2.45, 2.75) is 12.7 Å². The Kier molecular flexibility index (Phi) is 5.56. The van der Waals surface area contributed by atoms with Gasteiger partial charge < -0.3 is 10.5 Å². The molecule has 0 bridgehead atoms. The molecule has 0 fully saturated rings. The molecule has 0 atom stereocenters. The lowest BCUT2D eigenvalue weighted by Gasteiger charge is -2.03. The molecule has 17 heavy (non-hydrogen) atoms. The Balaban J connectivity index is 2.44. The van der Waals surface area contributed by atoms with Gasteiger partial charge in [-0.3, -0.25) is 9.59 Å². The van der Waals surface area contributed by atoms with Crippen molar-refractivity contribution in [1.29, 1.82) is 0 Å². The monoisotopic (exact) mass is 253 g/mol. The van der Waals surface area contributed by atoms with Crippen LogP contribution >= 0.6 is 11.8 Å². The van der Waals surface area contributed by atoms with E-state index in [9.17, 15) is 9.59 Å². The van der Waals surface area contributed by atoms with Crippen LogP contribution in [0.25, 0.3) is 0 Å². The number of rotatable bonds is 6. The summed E-state index contributed by atoms with van der Waals surface area (Å²) in [6, 6.07) is 7.08. The van der Waals surface area contributed by atoms with Crippen LogP contribution in [-0.2, 0) is 15.3 Å². The van der Waals surface area contributed by atoms with E-state index in [0.29, 0.717) is 23.7 Å². The van der Waals surface area contributed by atoms with E-state index in [4.69, 9.17) is 10.5 Å². The molecule has 0 aliphatic heterocycles. The summed E-state index contributed by atoms with van der Waals surface area (Å²) in [6.07, 6.45) is 0. The fraction of sp³-hybridized carbons (Fsp3) is 0.333. The molecule has 1 rings (SSSR count). The summed E-state index contributed by atoms with van der Waals surface area (Å²) in [6.45, 7) is 2.18. The second kappa shape index (κ2) is 6.96. The molecule has 0 spiro atoms. The first-order chi connectivity index (χ1) is 8.13. The van der Waals surface area contributed by atoms with Crippen LogP contribution in [0.4, 0.5) is 0 Å². The predicted octanol–water partition coefficient (Wildman–Crippen LogP) is 1.58. The molecule has 0 saturated carbocycles. The SMILES string of the molecule is CCOC(=O)CSCc1cccc(C(N)=O)c1. The van der Waals surface area contributed by atoms with E-state index in [-0.39, 0.29) is 5.97 Å². The maximum absolute atomic E-state index is 11.1. The zero-order chi connectivity index (χ0) is 12.7. The highest BCUT2D eigenvalue weighted by Crippen LogP contribution is 2.13. The molecule has 1 amide bonds. The average molecular weight is 253 g/mol. The first-order valence-corrected chi connectivity index (χ1v) is 6.41. The van der Waals surface area contributed by atoms with Gasteiger partial charge in [0.1, 0.15) is 0 Å². The number of primary amides is 1. The first-order valence-electron chi connectivity index (χ1n) is 5.25. The van der Waals surface area contributed by atoms with Crippen molar-refractivity contribution in [2.24, 2.45) is 5.73 Å². The summed E-state index contributed by atoms with van der Waals surface area (Å²) in [5, 5.41) is 0. The Labute approximate surface area is 105 Å². The lowest BCUT2D eigenvalue weighted by atomic mass is 10.1. The molecule has 0 saturated heterocycles. The summed E-state index contributed by atoms with van der Waals surface area (Å²) in [7, 11) is 0. The number of hydrogen-bond acceptors (Lipinski definition) is 4. The number of nitrogens with two attached hydrogens (primary N) is 1. The van der Waals surface area contributed by atoms with Gasteiger partial charge in [0.15, 0.2) is 0 Å². The van der Waals surface area contributed by atoms with Gasteiger partial charge in [0, 0.05) is 11.3 Å². The van der Waals surface area contributed by atoms with Crippen molar-refractivity contribution in [1.82, 2.24) is 0 Å². The van der Waals surface area contributed by atoms with Crippen molar-refractivity contribution in [2.75, 3.05) is 12.4 Å². The Morgan fingerprint density at radius 3 is 2.82 bits per heavy atom. The molecule has 1 aromatic carbocycles. The molecule has 0 heterocycles. The zero-order valence-corrected chi connectivity index (χ0v) is 10.5. The van der Waals surface area contributed by atoms with E-state index in [2.05, 4.69) is 0 Å². The highest BCUT2D eigenvalue weighted by atomic mass is 32.2. The Bertz CT molecular complexity index is 406. The molecular weight excluding hydrogens is 238 g/mol. The fourth-order valence-corrected chi connectivity index (χ4v) is 2.04.